The molecule has 1 heterocycles. The van der Waals surface area contributed by atoms with Crippen LogP contribution in [0.5, 0.6) is 0 Å². The number of anilines is 1. The molecule has 0 saturated carbocycles. The van der Waals surface area contributed by atoms with Gasteiger partial charge in [0.15, 0.2) is 5.78 Å². The van der Waals surface area contributed by atoms with Gasteiger partial charge < -0.3 is 10.2 Å². The van der Waals surface area contributed by atoms with E-state index in [0.717, 1.165) is 25.2 Å². The van der Waals surface area contributed by atoms with Crippen LogP contribution < -0.4 is 5.32 Å². The molecule has 1 aliphatic heterocycles. The number of amides is 1. The molecule has 0 spiro atoms. The van der Waals surface area contributed by atoms with E-state index in [9.17, 15) is 9.59 Å². The van der Waals surface area contributed by atoms with Gasteiger partial charge in [0.1, 0.15) is 0 Å². The fourth-order valence-corrected chi connectivity index (χ4v) is 3.21. The Hall–Kier alpha value is -2.46. The molecule has 4 nitrogen and oxygen atoms in total. The summed E-state index contributed by atoms with van der Waals surface area (Å²) in [7, 11) is 2.10. The number of nitrogens with one attached hydrogen (secondary N) is 1. The molecule has 4 heteroatoms. The number of benzene rings is 2. The molecular formula is C22H26N2O2. The Morgan fingerprint density at radius 2 is 1.73 bits per heavy atom. The molecule has 0 aromatic heterocycles. The van der Waals surface area contributed by atoms with Crippen molar-refractivity contribution >= 4 is 17.4 Å². The number of ketones is 1. The van der Waals surface area contributed by atoms with Crippen molar-refractivity contribution in [3.8, 4) is 0 Å². The number of nitrogens with zero attached hydrogens (tertiary/aromatic N) is 1. The molecule has 0 radical (unpaired) electrons. The van der Waals surface area contributed by atoms with Crippen molar-refractivity contribution in [2.24, 2.45) is 5.41 Å². The number of fused-ring (bicyclic) bond motifs is 1. The predicted octanol–water partition coefficient (Wildman–Crippen LogP) is 4.16. The lowest BCUT2D eigenvalue weighted by Gasteiger charge is -2.25. The number of carbonyl (C=O) groups is 2. The second-order valence-electron chi connectivity index (χ2n) is 8.09. The summed E-state index contributed by atoms with van der Waals surface area (Å²) in [5.41, 5.74) is 3.98. The zero-order chi connectivity index (χ0) is 18.9. The minimum Gasteiger partial charge on any atom is -0.322 e. The molecule has 0 fully saturated rings. The quantitative estimate of drug-likeness (QED) is 0.846. The van der Waals surface area contributed by atoms with Gasteiger partial charge in [-0.2, -0.15) is 0 Å². The normalized spacial score (nSPS) is 14.6. The first-order valence-electron chi connectivity index (χ1n) is 9.00. The first kappa shape index (κ1) is 18.3. The van der Waals surface area contributed by atoms with Gasteiger partial charge in [0.25, 0.3) is 5.91 Å². The van der Waals surface area contributed by atoms with Crippen LogP contribution in [0.3, 0.4) is 0 Å². The van der Waals surface area contributed by atoms with Crippen LogP contribution in [0.25, 0.3) is 0 Å². The van der Waals surface area contributed by atoms with Gasteiger partial charge in [-0.15, -0.1) is 0 Å². The van der Waals surface area contributed by atoms with Gasteiger partial charge in [-0.25, -0.2) is 0 Å². The first-order chi connectivity index (χ1) is 12.2. The molecule has 26 heavy (non-hydrogen) atoms. The molecular weight excluding hydrogens is 324 g/mol. The molecule has 0 unspecified atom stereocenters. The lowest BCUT2D eigenvalue weighted by molar-refractivity contribution is 0.0858. The van der Waals surface area contributed by atoms with Crippen LogP contribution in [0.1, 0.15) is 52.6 Å². The maximum absolute atomic E-state index is 12.6. The molecule has 2 aromatic rings. The summed E-state index contributed by atoms with van der Waals surface area (Å²) < 4.78 is 0. The molecule has 3 rings (SSSR count). The van der Waals surface area contributed by atoms with E-state index in [4.69, 9.17) is 0 Å². The molecule has 2 aromatic carbocycles. The Labute approximate surface area is 155 Å². The van der Waals surface area contributed by atoms with Crippen molar-refractivity contribution < 1.29 is 9.59 Å². The second kappa shape index (κ2) is 7.04. The fourth-order valence-electron chi connectivity index (χ4n) is 3.21. The van der Waals surface area contributed by atoms with Crippen molar-refractivity contribution in [1.82, 2.24) is 4.90 Å². The summed E-state index contributed by atoms with van der Waals surface area (Å²) in [6.45, 7) is 7.60. The number of hydrogen-bond donors (Lipinski definition) is 1. The molecule has 0 bridgehead atoms. The molecule has 1 N–H and O–H groups in total. The van der Waals surface area contributed by atoms with Crippen LogP contribution in [0.4, 0.5) is 5.69 Å². The van der Waals surface area contributed by atoms with Crippen LogP contribution in [0, 0.1) is 5.41 Å². The first-order valence-corrected chi connectivity index (χ1v) is 9.00. The molecule has 136 valence electrons. The van der Waals surface area contributed by atoms with Crippen LogP contribution >= 0.6 is 0 Å². The third-order valence-electron chi connectivity index (χ3n) is 4.74. The van der Waals surface area contributed by atoms with Crippen molar-refractivity contribution in [3.05, 3.63) is 64.7 Å². The lowest BCUT2D eigenvalue weighted by Crippen LogP contribution is -2.26. The zero-order valence-corrected chi connectivity index (χ0v) is 15.9. The van der Waals surface area contributed by atoms with E-state index in [1.54, 1.807) is 24.3 Å². The number of likely N-dealkylation sites (N-methyl/N-ethyl adjacent to an activating group) is 1. The highest BCUT2D eigenvalue weighted by molar-refractivity contribution is 6.07. The Morgan fingerprint density at radius 1 is 1.00 bits per heavy atom. The average molecular weight is 350 g/mol. The van der Waals surface area contributed by atoms with E-state index in [0.29, 0.717) is 11.1 Å². The summed E-state index contributed by atoms with van der Waals surface area (Å²) in [6.07, 6.45) is 1.04. The Kier molecular flexibility index (Phi) is 4.97. The number of carbonyl (C=O) groups excluding carboxylic acids is 2. The minimum absolute atomic E-state index is 0.0315. The van der Waals surface area contributed by atoms with E-state index in [1.165, 1.54) is 11.1 Å². The van der Waals surface area contributed by atoms with Gasteiger partial charge >= 0.3 is 0 Å². The van der Waals surface area contributed by atoms with Crippen LogP contribution in [-0.2, 0) is 13.0 Å². The number of Topliss-reactive ketones (excluding diaryl/α,β-unsaturated/α-hetero) is 1. The third kappa shape index (κ3) is 4.02. The van der Waals surface area contributed by atoms with E-state index in [-0.39, 0.29) is 11.7 Å². The smallest absolute Gasteiger partial charge is 0.255 e. The van der Waals surface area contributed by atoms with Gasteiger partial charge in [-0.1, -0.05) is 39.0 Å². The van der Waals surface area contributed by atoms with Crippen LogP contribution in [0.15, 0.2) is 42.5 Å². The van der Waals surface area contributed by atoms with Crippen LogP contribution in [-0.4, -0.2) is 30.2 Å². The summed E-state index contributed by atoms with van der Waals surface area (Å²) in [4.78, 5) is 27.4. The van der Waals surface area contributed by atoms with Gasteiger partial charge in [0, 0.05) is 35.3 Å². The van der Waals surface area contributed by atoms with Gasteiger partial charge in [0.2, 0.25) is 0 Å². The largest absolute Gasteiger partial charge is 0.322 e. The highest BCUT2D eigenvalue weighted by Gasteiger charge is 2.23. The summed E-state index contributed by atoms with van der Waals surface area (Å²) in [5.74, 6) is -0.165. The average Bonchev–Trinajstić information content (AvgIpc) is 2.60. The SMILES string of the molecule is CN1CCc2ccc(NC(=O)c3cccc(C(=O)C(C)(C)C)c3)cc2C1. The summed E-state index contributed by atoms with van der Waals surface area (Å²) >= 11 is 0. The molecule has 0 saturated heterocycles. The minimum atomic E-state index is -0.473. The monoisotopic (exact) mass is 350 g/mol. The lowest BCUT2D eigenvalue weighted by atomic mass is 9.86. The number of hydrogen-bond acceptors (Lipinski definition) is 3. The fraction of sp³-hybridized carbons (Fsp3) is 0.364. The highest BCUT2D eigenvalue weighted by atomic mass is 16.1. The molecule has 1 amide bonds. The second-order valence-corrected chi connectivity index (χ2v) is 8.09. The van der Waals surface area contributed by atoms with Crippen molar-refractivity contribution in [2.45, 2.75) is 33.7 Å². The predicted molar refractivity (Wildman–Crippen MR) is 105 cm³/mol. The molecule has 0 atom stereocenters. The van der Waals surface area contributed by atoms with Gasteiger partial charge in [0.05, 0.1) is 0 Å². The van der Waals surface area contributed by atoms with Crippen molar-refractivity contribution in [3.63, 3.8) is 0 Å². The van der Waals surface area contributed by atoms with E-state index < -0.39 is 5.41 Å². The maximum Gasteiger partial charge on any atom is 0.255 e. The van der Waals surface area contributed by atoms with Crippen molar-refractivity contribution in [1.29, 1.82) is 0 Å². The van der Waals surface area contributed by atoms with Gasteiger partial charge in [-0.3, -0.25) is 9.59 Å². The van der Waals surface area contributed by atoms with E-state index in [1.807, 2.05) is 32.9 Å². The topological polar surface area (TPSA) is 49.4 Å². The Balaban J connectivity index is 1.79. The van der Waals surface area contributed by atoms with Crippen molar-refractivity contribution in [2.75, 3.05) is 18.9 Å². The van der Waals surface area contributed by atoms with E-state index >= 15 is 0 Å². The standard InChI is InChI=1S/C22H26N2O2/c1-22(2,3)20(25)16-6-5-7-17(12-16)21(26)23-19-9-8-15-10-11-24(4)14-18(15)13-19/h5-9,12-13H,10-11,14H2,1-4H3,(H,23,26). The molecule has 1 aliphatic rings. The highest BCUT2D eigenvalue weighted by Crippen LogP contribution is 2.24. The Morgan fingerprint density at radius 3 is 2.46 bits per heavy atom. The summed E-state index contributed by atoms with van der Waals surface area (Å²) in [6, 6.07) is 13.0. The zero-order valence-electron chi connectivity index (χ0n) is 15.9. The third-order valence-corrected chi connectivity index (χ3v) is 4.74. The Bertz CT molecular complexity index is 849. The summed E-state index contributed by atoms with van der Waals surface area (Å²) in [5, 5.41) is 2.96. The number of rotatable bonds is 3. The molecule has 0 aliphatic carbocycles. The van der Waals surface area contributed by atoms with Crippen LogP contribution in [0.2, 0.25) is 0 Å². The maximum atomic E-state index is 12.6. The van der Waals surface area contributed by atoms with Gasteiger partial charge in [-0.05, 0) is 48.9 Å². The van der Waals surface area contributed by atoms with E-state index in [2.05, 4.69) is 23.3 Å².